The van der Waals surface area contributed by atoms with Crippen LogP contribution in [0.25, 0.3) is 0 Å². The zero-order valence-electron chi connectivity index (χ0n) is 8.86. The van der Waals surface area contributed by atoms with Crippen molar-refractivity contribution in [3.63, 3.8) is 0 Å². The van der Waals surface area contributed by atoms with E-state index >= 15 is 0 Å². The standard InChI is InChI=1S/C11H15NO2S/c1-7(6-13)15-9-3-4-10(8(2)14)11(12)5-9/h3-5,7,13H,6,12H2,1-2H3. The molecule has 0 heterocycles. The highest BCUT2D eigenvalue weighted by Gasteiger charge is 2.07. The van der Waals surface area contributed by atoms with Crippen molar-refractivity contribution >= 4 is 23.2 Å². The number of carbonyl (C=O) groups excluding carboxylic acids is 1. The Balaban J connectivity index is 2.87. The number of aliphatic hydroxyl groups is 1. The van der Waals surface area contributed by atoms with E-state index in [1.54, 1.807) is 12.1 Å². The smallest absolute Gasteiger partial charge is 0.161 e. The van der Waals surface area contributed by atoms with Gasteiger partial charge < -0.3 is 10.8 Å². The summed E-state index contributed by atoms with van der Waals surface area (Å²) in [6.45, 7) is 3.55. The number of benzene rings is 1. The first-order valence-electron chi connectivity index (χ1n) is 4.72. The van der Waals surface area contributed by atoms with Crippen LogP contribution in [0.3, 0.4) is 0 Å². The molecule has 0 fully saturated rings. The Hall–Kier alpha value is -1.00. The van der Waals surface area contributed by atoms with E-state index in [4.69, 9.17) is 10.8 Å². The van der Waals surface area contributed by atoms with Gasteiger partial charge >= 0.3 is 0 Å². The van der Waals surface area contributed by atoms with Crippen LogP contribution in [0.15, 0.2) is 23.1 Å². The summed E-state index contributed by atoms with van der Waals surface area (Å²) in [6.07, 6.45) is 0. The summed E-state index contributed by atoms with van der Waals surface area (Å²) in [5.74, 6) is -0.0285. The first kappa shape index (κ1) is 12.1. The Kier molecular flexibility index (Phi) is 4.17. The maximum Gasteiger partial charge on any atom is 0.161 e. The molecule has 0 spiro atoms. The van der Waals surface area contributed by atoms with Crippen LogP contribution in [0, 0.1) is 0 Å². The molecule has 3 nitrogen and oxygen atoms in total. The van der Waals surface area contributed by atoms with Gasteiger partial charge in [-0.05, 0) is 25.1 Å². The third-order valence-corrected chi connectivity index (χ3v) is 3.07. The summed E-state index contributed by atoms with van der Waals surface area (Å²) < 4.78 is 0. The van der Waals surface area contributed by atoms with Crippen molar-refractivity contribution in [3.05, 3.63) is 23.8 Å². The minimum absolute atomic E-state index is 0.0285. The van der Waals surface area contributed by atoms with Crippen molar-refractivity contribution < 1.29 is 9.90 Å². The summed E-state index contributed by atoms with van der Waals surface area (Å²) in [6, 6.07) is 5.35. The molecule has 4 heteroatoms. The second-order valence-corrected chi connectivity index (χ2v) is 4.93. The van der Waals surface area contributed by atoms with Crippen molar-refractivity contribution in [2.24, 2.45) is 0 Å². The molecular weight excluding hydrogens is 210 g/mol. The molecule has 0 aromatic heterocycles. The van der Waals surface area contributed by atoms with Gasteiger partial charge in [0.05, 0.1) is 6.61 Å². The van der Waals surface area contributed by atoms with E-state index < -0.39 is 0 Å². The lowest BCUT2D eigenvalue weighted by atomic mass is 10.1. The number of thioether (sulfide) groups is 1. The summed E-state index contributed by atoms with van der Waals surface area (Å²) in [5.41, 5.74) is 6.79. The molecule has 0 saturated heterocycles. The van der Waals surface area contributed by atoms with Crippen LogP contribution in [0.1, 0.15) is 24.2 Å². The Morgan fingerprint density at radius 2 is 2.27 bits per heavy atom. The fourth-order valence-electron chi connectivity index (χ4n) is 1.20. The summed E-state index contributed by atoms with van der Waals surface area (Å²) in [4.78, 5) is 12.1. The molecule has 1 unspecified atom stereocenters. The van der Waals surface area contributed by atoms with Crippen LogP contribution in [0.2, 0.25) is 0 Å². The zero-order chi connectivity index (χ0) is 11.4. The number of hydrogen-bond acceptors (Lipinski definition) is 4. The van der Waals surface area contributed by atoms with Crippen molar-refractivity contribution in [1.29, 1.82) is 0 Å². The van der Waals surface area contributed by atoms with E-state index in [2.05, 4.69) is 0 Å². The van der Waals surface area contributed by atoms with Crippen molar-refractivity contribution in [1.82, 2.24) is 0 Å². The molecule has 0 amide bonds. The van der Waals surface area contributed by atoms with Crippen LogP contribution in [0.5, 0.6) is 0 Å². The number of Topliss-reactive ketones (excluding diaryl/α,β-unsaturated/α-hetero) is 1. The molecule has 0 bridgehead atoms. The number of hydrogen-bond donors (Lipinski definition) is 2. The quantitative estimate of drug-likeness (QED) is 0.467. The number of rotatable bonds is 4. The Morgan fingerprint density at radius 3 is 2.73 bits per heavy atom. The van der Waals surface area contributed by atoms with Crippen LogP contribution < -0.4 is 5.73 Å². The zero-order valence-corrected chi connectivity index (χ0v) is 9.67. The second kappa shape index (κ2) is 5.19. The number of anilines is 1. The lowest BCUT2D eigenvalue weighted by Gasteiger charge is -2.09. The molecule has 3 N–H and O–H groups in total. The van der Waals surface area contributed by atoms with Crippen LogP contribution in [0.4, 0.5) is 5.69 Å². The van der Waals surface area contributed by atoms with Gasteiger partial charge in [0.2, 0.25) is 0 Å². The van der Waals surface area contributed by atoms with Crippen LogP contribution in [-0.4, -0.2) is 22.7 Å². The van der Waals surface area contributed by atoms with E-state index in [9.17, 15) is 4.79 Å². The molecule has 1 atom stereocenters. The normalized spacial score (nSPS) is 12.5. The molecule has 0 radical (unpaired) electrons. The third-order valence-electron chi connectivity index (χ3n) is 2.00. The maximum absolute atomic E-state index is 11.1. The van der Waals surface area contributed by atoms with Gasteiger partial charge in [0, 0.05) is 21.4 Å². The molecule has 15 heavy (non-hydrogen) atoms. The summed E-state index contributed by atoms with van der Waals surface area (Å²) in [5, 5.41) is 9.03. The fourth-order valence-corrected chi connectivity index (χ4v) is 2.09. The van der Waals surface area contributed by atoms with Gasteiger partial charge in [-0.1, -0.05) is 6.92 Å². The Morgan fingerprint density at radius 1 is 1.60 bits per heavy atom. The average molecular weight is 225 g/mol. The number of nitrogen functional groups attached to an aromatic ring is 1. The molecule has 1 aromatic carbocycles. The predicted octanol–water partition coefficient (Wildman–Crippen LogP) is 1.94. The number of ketones is 1. The van der Waals surface area contributed by atoms with E-state index in [1.165, 1.54) is 18.7 Å². The lowest BCUT2D eigenvalue weighted by molar-refractivity contribution is 0.101. The number of nitrogens with two attached hydrogens (primary N) is 1. The largest absolute Gasteiger partial charge is 0.398 e. The highest BCUT2D eigenvalue weighted by Crippen LogP contribution is 2.26. The molecule has 0 aliphatic carbocycles. The average Bonchev–Trinajstić information content (AvgIpc) is 2.17. The van der Waals surface area contributed by atoms with Crippen molar-refractivity contribution in [2.75, 3.05) is 12.3 Å². The molecule has 1 rings (SSSR count). The fraction of sp³-hybridized carbons (Fsp3) is 0.364. The van der Waals surface area contributed by atoms with Crippen molar-refractivity contribution in [3.8, 4) is 0 Å². The summed E-state index contributed by atoms with van der Waals surface area (Å²) in [7, 11) is 0. The number of aliphatic hydroxyl groups excluding tert-OH is 1. The van der Waals surface area contributed by atoms with Crippen molar-refractivity contribution in [2.45, 2.75) is 24.0 Å². The molecule has 82 valence electrons. The lowest BCUT2D eigenvalue weighted by Crippen LogP contribution is -2.03. The van der Waals surface area contributed by atoms with Gasteiger partial charge in [0.15, 0.2) is 5.78 Å². The maximum atomic E-state index is 11.1. The van der Waals surface area contributed by atoms with Gasteiger partial charge in [0.25, 0.3) is 0 Å². The first-order valence-corrected chi connectivity index (χ1v) is 5.60. The summed E-state index contributed by atoms with van der Waals surface area (Å²) >= 11 is 1.54. The van der Waals surface area contributed by atoms with Gasteiger partial charge in [0.1, 0.15) is 0 Å². The van der Waals surface area contributed by atoms with Crippen LogP contribution in [-0.2, 0) is 0 Å². The molecular formula is C11H15NO2S. The predicted molar refractivity (Wildman–Crippen MR) is 63.3 cm³/mol. The monoisotopic (exact) mass is 225 g/mol. The van der Waals surface area contributed by atoms with E-state index in [0.717, 1.165) is 4.90 Å². The van der Waals surface area contributed by atoms with Gasteiger partial charge in [-0.2, -0.15) is 0 Å². The van der Waals surface area contributed by atoms with E-state index in [-0.39, 0.29) is 17.6 Å². The number of carbonyl (C=O) groups is 1. The minimum Gasteiger partial charge on any atom is -0.398 e. The van der Waals surface area contributed by atoms with Gasteiger partial charge in [-0.15, -0.1) is 11.8 Å². The first-order chi connectivity index (χ1) is 7.04. The minimum atomic E-state index is -0.0285. The van der Waals surface area contributed by atoms with Gasteiger partial charge in [-0.3, -0.25) is 4.79 Å². The molecule has 1 aromatic rings. The van der Waals surface area contributed by atoms with E-state index in [1.807, 2.05) is 13.0 Å². The SMILES string of the molecule is CC(=O)c1ccc(SC(C)CO)cc1N. The topological polar surface area (TPSA) is 63.3 Å². The highest BCUT2D eigenvalue weighted by molar-refractivity contribution is 8.00. The van der Waals surface area contributed by atoms with Crippen LogP contribution >= 0.6 is 11.8 Å². The Bertz CT molecular complexity index is 366. The van der Waals surface area contributed by atoms with E-state index in [0.29, 0.717) is 11.3 Å². The molecule has 0 aliphatic heterocycles. The van der Waals surface area contributed by atoms with Gasteiger partial charge in [-0.25, -0.2) is 0 Å². The third kappa shape index (κ3) is 3.25. The molecule has 0 saturated carbocycles. The molecule has 0 aliphatic rings. The highest BCUT2D eigenvalue weighted by atomic mass is 32.2. The Labute approximate surface area is 93.7 Å². The second-order valence-electron chi connectivity index (χ2n) is 3.42.